The number of hydrogen-bond acceptors (Lipinski definition) is 6. The summed E-state index contributed by atoms with van der Waals surface area (Å²) in [4.78, 5) is 26.1. The van der Waals surface area contributed by atoms with Gasteiger partial charge in [0, 0.05) is 29.3 Å². The topological polar surface area (TPSA) is 92.4 Å². The van der Waals surface area contributed by atoms with E-state index in [2.05, 4.69) is 20.3 Å². The standard InChI is InChI=1S/C21H22N4O3.C3H9N/c1-27-21-18(16(9-10-22-21)28-13-3-2-4-13)15-11-23-19-14(15)7-8-17(24-19)25-20(26)12-5-6-12;1-4(2)3/h7-13H,2-6H2,1H3,(H2,23,24,25,26);1-3H3. The van der Waals surface area contributed by atoms with Crippen molar-refractivity contribution in [1.29, 1.82) is 0 Å². The van der Waals surface area contributed by atoms with Gasteiger partial charge in [0.1, 0.15) is 17.2 Å². The molecule has 2 N–H and O–H groups in total. The second kappa shape index (κ2) is 9.56. The number of ether oxygens (including phenoxy) is 2. The molecule has 0 aromatic carbocycles. The van der Waals surface area contributed by atoms with Crippen molar-refractivity contribution in [2.45, 2.75) is 38.2 Å². The van der Waals surface area contributed by atoms with Crippen molar-refractivity contribution in [3.63, 3.8) is 0 Å². The number of fused-ring (bicyclic) bond motifs is 1. The fourth-order valence-corrected chi connectivity index (χ4v) is 3.45. The summed E-state index contributed by atoms with van der Waals surface area (Å²) in [5, 5.41) is 3.81. The molecule has 0 radical (unpaired) electrons. The largest absolute Gasteiger partial charge is 0.490 e. The minimum absolute atomic E-state index is 0.0451. The van der Waals surface area contributed by atoms with E-state index in [1.165, 1.54) is 6.42 Å². The molecule has 0 atom stereocenters. The van der Waals surface area contributed by atoms with Gasteiger partial charge in [-0.3, -0.25) is 4.79 Å². The minimum atomic E-state index is 0.0451. The van der Waals surface area contributed by atoms with Gasteiger partial charge in [0.05, 0.1) is 18.8 Å². The molecule has 1 amide bonds. The summed E-state index contributed by atoms with van der Waals surface area (Å²) in [5.41, 5.74) is 2.44. The van der Waals surface area contributed by atoms with Crippen LogP contribution in [0, 0.1) is 5.92 Å². The van der Waals surface area contributed by atoms with E-state index < -0.39 is 0 Å². The van der Waals surface area contributed by atoms with Crippen molar-refractivity contribution in [1.82, 2.24) is 19.9 Å². The van der Waals surface area contributed by atoms with Crippen LogP contribution < -0.4 is 14.8 Å². The average Bonchev–Trinajstić information content (AvgIpc) is 3.50. The highest BCUT2D eigenvalue weighted by Gasteiger charge is 2.30. The molecule has 8 nitrogen and oxygen atoms in total. The number of H-pyrrole nitrogens is 1. The summed E-state index contributed by atoms with van der Waals surface area (Å²) >= 11 is 0. The third-order valence-electron chi connectivity index (χ3n) is 5.42. The highest BCUT2D eigenvalue weighted by Crippen LogP contribution is 2.42. The van der Waals surface area contributed by atoms with Crippen molar-refractivity contribution in [3.8, 4) is 22.8 Å². The molecule has 3 aromatic rings. The lowest BCUT2D eigenvalue weighted by Crippen LogP contribution is -2.24. The van der Waals surface area contributed by atoms with Crippen LogP contribution in [0.1, 0.15) is 32.1 Å². The number of hydrogen-bond donors (Lipinski definition) is 2. The van der Waals surface area contributed by atoms with Crippen molar-refractivity contribution in [2.75, 3.05) is 33.6 Å². The third-order valence-corrected chi connectivity index (χ3v) is 5.42. The molecule has 170 valence electrons. The van der Waals surface area contributed by atoms with E-state index in [0.717, 1.165) is 47.9 Å². The second-order valence-electron chi connectivity index (χ2n) is 8.76. The Bertz CT molecular complexity index is 1080. The van der Waals surface area contributed by atoms with E-state index in [9.17, 15) is 4.79 Å². The maximum absolute atomic E-state index is 12.0. The first-order valence-corrected chi connectivity index (χ1v) is 11.1. The van der Waals surface area contributed by atoms with E-state index in [0.29, 0.717) is 17.3 Å². The Morgan fingerprint density at radius 2 is 1.91 bits per heavy atom. The van der Waals surface area contributed by atoms with E-state index >= 15 is 0 Å². The monoisotopic (exact) mass is 437 g/mol. The van der Waals surface area contributed by atoms with Crippen LogP contribution in [0.3, 0.4) is 0 Å². The zero-order valence-corrected chi connectivity index (χ0v) is 19.1. The van der Waals surface area contributed by atoms with Gasteiger partial charge < -0.3 is 24.7 Å². The third kappa shape index (κ3) is 5.02. The van der Waals surface area contributed by atoms with E-state index in [4.69, 9.17) is 9.47 Å². The van der Waals surface area contributed by atoms with Gasteiger partial charge in [0.15, 0.2) is 0 Å². The van der Waals surface area contributed by atoms with Gasteiger partial charge in [-0.2, -0.15) is 0 Å². The van der Waals surface area contributed by atoms with Gasteiger partial charge in [0.25, 0.3) is 0 Å². The second-order valence-corrected chi connectivity index (χ2v) is 8.76. The van der Waals surface area contributed by atoms with Crippen molar-refractivity contribution in [3.05, 3.63) is 30.6 Å². The van der Waals surface area contributed by atoms with Gasteiger partial charge >= 0.3 is 0 Å². The molecule has 3 aromatic heterocycles. The van der Waals surface area contributed by atoms with Crippen LogP contribution in [0.15, 0.2) is 30.6 Å². The van der Waals surface area contributed by atoms with Gasteiger partial charge in [-0.05, 0) is 71.4 Å². The molecule has 0 spiro atoms. The summed E-state index contributed by atoms with van der Waals surface area (Å²) in [7, 11) is 7.61. The first-order chi connectivity index (χ1) is 15.5. The van der Waals surface area contributed by atoms with Gasteiger partial charge in [0.2, 0.25) is 11.8 Å². The van der Waals surface area contributed by atoms with Crippen LogP contribution in [0.2, 0.25) is 0 Å². The number of rotatable bonds is 6. The summed E-state index contributed by atoms with van der Waals surface area (Å²) in [6, 6.07) is 5.66. The number of nitrogens with one attached hydrogen (secondary N) is 2. The number of carbonyl (C=O) groups excluding carboxylic acids is 1. The Balaban J connectivity index is 0.000000567. The summed E-state index contributed by atoms with van der Waals surface area (Å²) in [5.74, 6) is 2.03. The minimum Gasteiger partial charge on any atom is -0.490 e. The lowest BCUT2D eigenvalue weighted by molar-refractivity contribution is -0.117. The number of methoxy groups -OCH3 is 1. The maximum atomic E-state index is 12.0. The molecule has 5 rings (SSSR count). The number of aromatic amines is 1. The lowest BCUT2D eigenvalue weighted by atomic mass is 9.96. The summed E-state index contributed by atoms with van der Waals surface area (Å²) in [6.45, 7) is 0. The Labute approximate surface area is 188 Å². The van der Waals surface area contributed by atoms with Crippen molar-refractivity contribution >= 4 is 22.8 Å². The molecule has 8 heteroatoms. The Morgan fingerprint density at radius 1 is 1.16 bits per heavy atom. The average molecular weight is 438 g/mol. The van der Waals surface area contributed by atoms with Gasteiger partial charge in [-0.25, -0.2) is 9.97 Å². The number of pyridine rings is 2. The van der Waals surface area contributed by atoms with Crippen LogP contribution in [0.4, 0.5) is 5.82 Å². The van der Waals surface area contributed by atoms with Crippen LogP contribution >= 0.6 is 0 Å². The molecule has 0 saturated heterocycles. The van der Waals surface area contributed by atoms with E-state index in [1.807, 2.05) is 50.4 Å². The molecule has 3 heterocycles. The van der Waals surface area contributed by atoms with Crippen molar-refractivity contribution < 1.29 is 14.3 Å². The number of aromatic nitrogens is 3. The predicted octanol–water partition coefficient (Wildman–Crippen LogP) is 4.09. The zero-order chi connectivity index (χ0) is 22.7. The first-order valence-electron chi connectivity index (χ1n) is 11.1. The lowest BCUT2D eigenvalue weighted by Gasteiger charge is -2.27. The number of nitrogens with zero attached hydrogens (tertiary/aromatic N) is 3. The van der Waals surface area contributed by atoms with E-state index in [1.54, 1.807) is 13.3 Å². The molecule has 2 aliphatic rings. The molecular formula is C24H31N5O3. The summed E-state index contributed by atoms with van der Waals surface area (Å²) < 4.78 is 11.7. The molecule has 0 bridgehead atoms. The number of carbonyl (C=O) groups is 1. The molecule has 0 unspecified atom stereocenters. The number of amides is 1. The molecule has 0 aliphatic heterocycles. The van der Waals surface area contributed by atoms with Gasteiger partial charge in [-0.1, -0.05) is 0 Å². The van der Waals surface area contributed by atoms with Gasteiger partial charge in [-0.15, -0.1) is 0 Å². The van der Waals surface area contributed by atoms with Crippen LogP contribution in [0.5, 0.6) is 11.6 Å². The molecule has 2 fully saturated rings. The number of anilines is 1. The highest BCUT2D eigenvalue weighted by molar-refractivity contribution is 5.99. The van der Waals surface area contributed by atoms with E-state index in [-0.39, 0.29) is 17.9 Å². The SMILES string of the molecule is CN(C)C.COc1nccc(OC2CCC2)c1-c1c[nH]c2nc(NC(=O)C3CC3)ccc12. The fraction of sp³-hybridized carbons (Fsp3) is 0.458. The van der Waals surface area contributed by atoms with Crippen molar-refractivity contribution in [2.24, 2.45) is 5.92 Å². The highest BCUT2D eigenvalue weighted by atomic mass is 16.5. The quantitative estimate of drug-likeness (QED) is 0.603. The fourth-order valence-electron chi connectivity index (χ4n) is 3.45. The van der Waals surface area contributed by atoms with Crippen LogP contribution in [-0.4, -0.2) is 60.1 Å². The zero-order valence-electron chi connectivity index (χ0n) is 19.1. The molecule has 2 saturated carbocycles. The molecular weight excluding hydrogens is 406 g/mol. The Hall–Kier alpha value is -3.13. The Kier molecular flexibility index (Phi) is 6.60. The first kappa shape index (κ1) is 22.1. The molecule has 2 aliphatic carbocycles. The summed E-state index contributed by atoms with van der Waals surface area (Å²) in [6.07, 6.45) is 9.11. The maximum Gasteiger partial charge on any atom is 0.228 e. The smallest absolute Gasteiger partial charge is 0.228 e. The normalized spacial score (nSPS) is 15.7. The predicted molar refractivity (Wildman–Crippen MR) is 125 cm³/mol. The van der Waals surface area contributed by atoms with Crippen LogP contribution in [0.25, 0.3) is 22.2 Å². The molecule has 32 heavy (non-hydrogen) atoms. The van der Waals surface area contributed by atoms with Crippen LogP contribution in [-0.2, 0) is 4.79 Å². The Morgan fingerprint density at radius 3 is 2.53 bits per heavy atom.